The van der Waals surface area contributed by atoms with Crippen molar-refractivity contribution in [3.05, 3.63) is 30.3 Å². The molecule has 0 radical (unpaired) electrons. The first kappa shape index (κ1) is 26.2. The molecule has 5 nitrogen and oxygen atoms in total. The predicted molar refractivity (Wildman–Crippen MR) is 95.9 cm³/mol. The first-order valence-electron chi connectivity index (χ1n) is 7.94. The average molecular weight is 520 g/mol. The molecule has 0 saturated heterocycles. The second kappa shape index (κ2) is 7.48. The Morgan fingerprint density at radius 2 is 1.31 bits per heavy atom. The quantitative estimate of drug-likeness (QED) is 0.501. The van der Waals surface area contributed by atoms with Gasteiger partial charge in [0.25, 0.3) is 0 Å². The second-order valence-corrected chi connectivity index (χ2v) is 11.6. The molecule has 0 bridgehead atoms. The molecule has 16 heteroatoms. The molecule has 0 aliphatic rings. The van der Waals surface area contributed by atoms with E-state index in [1.165, 1.54) is 0 Å². The largest absolute Gasteiger partial charge is 0.508 e. The van der Waals surface area contributed by atoms with E-state index < -0.39 is 55.2 Å². The number of phenols is 2. The zero-order valence-electron chi connectivity index (χ0n) is 15.7. The SMILES string of the molecule is CS(C)(OS(=O)(=O)C(F)(F)C(F)(F)C(F)(F)C(F)(F)F)c1ccc(O)c2ccc(O)cc12. The van der Waals surface area contributed by atoms with Gasteiger partial charge in [0.2, 0.25) is 0 Å². The smallest absolute Gasteiger partial charge is 0.460 e. The number of rotatable bonds is 6. The molecule has 2 rings (SSSR count). The highest BCUT2D eigenvalue weighted by Gasteiger charge is 2.86. The minimum absolute atomic E-state index is 0.0671. The van der Waals surface area contributed by atoms with Crippen molar-refractivity contribution >= 4 is 31.2 Å². The number of alkyl halides is 9. The van der Waals surface area contributed by atoms with Crippen LogP contribution in [0.1, 0.15) is 0 Å². The minimum Gasteiger partial charge on any atom is -0.508 e. The first-order chi connectivity index (χ1) is 14.1. The maximum Gasteiger partial charge on any atom is 0.460 e. The van der Waals surface area contributed by atoms with Crippen molar-refractivity contribution in [2.45, 2.75) is 28.2 Å². The number of hydrogen-bond acceptors (Lipinski definition) is 5. The van der Waals surface area contributed by atoms with Gasteiger partial charge in [0.1, 0.15) is 11.5 Å². The summed E-state index contributed by atoms with van der Waals surface area (Å²) in [4.78, 5) is -0.341. The summed E-state index contributed by atoms with van der Waals surface area (Å²) in [7, 11) is -10.8. The average Bonchev–Trinajstić information content (AvgIpc) is 2.59. The lowest BCUT2D eigenvalue weighted by molar-refractivity contribution is -0.382. The van der Waals surface area contributed by atoms with Gasteiger partial charge in [0, 0.05) is 15.7 Å². The van der Waals surface area contributed by atoms with Gasteiger partial charge in [-0.2, -0.15) is 47.9 Å². The predicted octanol–water partition coefficient (Wildman–Crippen LogP) is 5.36. The van der Waals surface area contributed by atoms with E-state index in [2.05, 4.69) is 3.63 Å². The Morgan fingerprint density at radius 1 is 0.781 bits per heavy atom. The Morgan fingerprint density at radius 3 is 1.81 bits per heavy atom. The summed E-state index contributed by atoms with van der Waals surface area (Å²) in [5.74, 6) is -15.7. The number of benzene rings is 2. The molecule has 182 valence electrons. The molecule has 0 fully saturated rings. The Hall–Kier alpha value is -2.07. The lowest BCUT2D eigenvalue weighted by Gasteiger charge is -2.36. The normalized spacial score (nSPS) is 15.2. The van der Waals surface area contributed by atoms with Crippen molar-refractivity contribution in [1.82, 2.24) is 0 Å². The number of aromatic hydroxyl groups is 2. The molecule has 2 aromatic carbocycles. The molecule has 2 aromatic rings. The Bertz CT molecular complexity index is 1140. The fourth-order valence-electron chi connectivity index (χ4n) is 2.54. The van der Waals surface area contributed by atoms with Crippen LogP contribution in [0.3, 0.4) is 0 Å². The van der Waals surface area contributed by atoms with Crippen LogP contribution < -0.4 is 0 Å². The number of halogens is 9. The molecule has 2 N–H and O–H groups in total. The van der Waals surface area contributed by atoms with Crippen LogP contribution in [0.15, 0.2) is 35.2 Å². The van der Waals surface area contributed by atoms with Gasteiger partial charge in [-0.25, -0.2) is 3.63 Å². The molecule has 0 unspecified atom stereocenters. The molecular formula is C16H13F9O5S2. The highest BCUT2D eigenvalue weighted by Crippen LogP contribution is 2.60. The summed E-state index contributed by atoms with van der Waals surface area (Å²) < 4.78 is 146. The van der Waals surface area contributed by atoms with Crippen LogP contribution in [-0.4, -0.2) is 54.4 Å². The van der Waals surface area contributed by atoms with Gasteiger partial charge in [0.05, 0.1) is 0 Å². The number of fused-ring (bicyclic) bond motifs is 1. The van der Waals surface area contributed by atoms with Crippen molar-refractivity contribution < 1.29 is 61.8 Å². The summed E-state index contributed by atoms with van der Waals surface area (Å²) in [5.41, 5.74) is 0. The van der Waals surface area contributed by atoms with E-state index in [0.717, 1.165) is 42.8 Å². The first-order valence-corrected chi connectivity index (χ1v) is 11.7. The molecule has 0 aromatic heterocycles. The van der Waals surface area contributed by atoms with Gasteiger partial charge in [-0.1, -0.05) is 10.3 Å². The second-order valence-electron chi connectivity index (χ2n) is 6.73. The lowest BCUT2D eigenvalue weighted by atomic mass is 10.1. The van der Waals surface area contributed by atoms with E-state index in [0.29, 0.717) is 0 Å². The maximum atomic E-state index is 14.0. The summed E-state index contributed by atoms with van der Waals surface area (Å²) in [6.45, 7) is 0. The Kier molecular flexibility index (Phi) is 6.12. The number of hydrogen-bond donors (Lipinski definition) is 2. The van der Waals surface area contributed by atoms with Crippen LogP contribution >= 0.6 is 10.3 Å². The summed E-state index contributed by atoms with van der Waals surface area (Å²) in [6.07, 6.45) is -5.63. The molecule has 0 heterocycles. The van der Waals surface area contributed by atoms with Crippen LogP contribution in [0.2, 0.25) is 0 Å². The molecule has 0 aliphatic carbocycles. The molecule has 0 atom stereocenters. The van der Waals surface area contributed by atoms with Crippen molar-refractivity contribution in [2.75, 3.05) is 12.5 Å². The third-order valence-corrected chi connectivity index (χ3v) is 8.53. The zero-order valence-corrected chi connectivity index (χ0v) is 17.4. The fourth-order valence-corrected chi connectivity index (χ4v) is 6.51. The summed E-state index contributed by atoms with van der Waals surface area (Å²) in [6, 6.07) is 4.99. The minimum atomic E-state index is -7.43. The van der Waals surface area contributed by atoms with Crippen molar-refractivity contribution in [3.63, 3.8) is 0 Å². The maximum absolute atomic E-state index is 14.0. The lowest BCUT2D eigenvalue weighted by Crippen LogP contribution is -2.63. The summed E-state index contributed by atoms with van der Waals surface area (Å²) in [5, 5.41) is 12.2. The van der Waals surface area contributed by atoms with Crippen LogP contribution in [0, 0.1) is 0 Å². The van der Waals surface area contributed by atoms with Crippen LogP contribution in [-0.2, 0) is 13.7 Å². The van der Waals surface area contributed by atoms with Crippen LogP contribution in [0.25, 0.3) is 10.8 Å². The van der Waals surface area contributed by atoms with E-state index in [1.807, 2.05) is 0 Å². The van der Waals surface area contributed by atoms with Gasteiger partial charge in [-0.05, 0) is 42.8 Å². The summed E-state index contributed by atoms with van der Waals surface area (Å²) >= 11 is 0. The standard InChI is InChI=1S/C16H13F9O5S2/c1-31(2,12-6-5-11(27)9-4-3-8(26)7-10(9)12)30-32(28,29)16(24,25)14(19,20)13(17,18)15(21,22)23/h3-7,26-27H,1-2H3. The van der Waals surface area contributed by atoms with Crippen molar-refractivity contribution in [2.24, 2.45) is 0 Å². The molecule has 0 spiro atoms. The molecule has 32 heavy (non-hydrogen) atoms. The Labute approximate surface area is 176 Å². The van der Waals surface area contributed by atoms with E-state index in [1.54, 1.807) is 0 Å². The highest BCUT2D eigenvalue weighted by atomic mass is 32.3. The third-order valence-electron chi connectivity index (χ3n) is 4.16. The van der Waals surface area contributed by atoms with Crippen LogP contribution in [0.4, 0.5) is 39.5 Å². The van der Waals surface area contributed by atoms with Gasteiger partial charge in [-0.3, -0.25) is 0 Å². The molecule has 0 aliphatic heterocycles. The van der Waals surface area contributed by atoms with E-state index >= 15 is 0 Å². The van der Waals surface area contributed by atoms with Crippen LogP contribution in [0.5, 0.6) is 11.5 Å². The molecule has 0 saturated carbocycles. The van der Waals surface area contributed by atoms with Gasteiger partial charge in [-0.15, -0.1) is 0 Å². The monoisotopic (exact) mass is 520 g/mol. The Balaban J connectivity index is 2.61. The molecule has 0 amide bonds. The van der Waals surface area contributed by atoms with E-state index in [-0.39, 0.29) is 15.7 Å². The van der Waals surface area contributed by atoms with Gasteiger partial charge < -0.3 is 10.2 Å². The van der Waals surface area contributed by atoms with Gasteiger partial charge >= 0.3 is 33.4 Å². The van der Waals surface area contributed by atoms with E-state index in [9.17, 15) is 58.1 Å². The van der Waals surface area contributed by atoms with E-state index in [4.69, 9.17) is 0 Å². The fraction of sp³-hybridized carbons (Fsp3) is 0.375. The zero-order chi connectivity index (χ0) is 25.1. The number of phenolic OH excluding ortho intramolecular Hbond substituents is 2. The topological polar surface area (TPSA) is 83.8 Å². The van der Waals surface area contributed by atoms with Crippen molar-refractivity contribution in [1.29, 1.82) is 0 Å². The molecular weight excluding hydrogens is 507 g/mol. The third kappa shape index (κ3) is 3.91. The van der Waals surface area contributed by atoms with Crippen molar-refractivity contribution in [3.8, 4) is 11.5 Å². The van der Waals surface area contributed by atoms with Gasteiger partial charge in [0.15, 0.2) is 0 Å². The highest BCUT2D eigenvalue weighted by molar-refractivity contribution is 8.32.